The van der Waals surface area contributed by atoms with Gasteiger partial charge in [-0.1, -0.05) is 0 Å². The van der Waals surface area contributed by atoms with Crippen LogP contribution in [0.2, 0.25) is 0 Å². The minimum absolute atomic E-state index is 0.228. The first-order valence-electron chi connectivity index (χ1n) is 6.32. The summed E-state index contributed by atoms with van der Waals surface area (Å²) >= 11 is 1.69. The maximum absolute atomic E-state index is 4.66. The number of pyridine rings is 1. The van der Waals surface area contributed by atoms with Crippen LogP contribution in [0, 0.1) is 6.92 Å². The lowest BCUT2D eigenvalue weighted by molar-refractivity contribution is 0.483. The second-order valence-corrected chi connectivity index (χ2v) is 5.64. The van der Waals surface area contributed by atoms with Crippen LogP contribution in [0.5, 0.6) is 0 Å². The number of nitrogens with zero attached hydrogens (tertiary/aromatic N) is 4. The van der Waals surface area contributed by atoms with E-state index in [1.807, 2.05) is 29.2 Å². The highest BCUT2D eigenvalue weighted by Crippen LogP contribution is 2.34. The minimum Gasteiger partial charge on any atom is -0.370 e. The standard InChI is InChI=1S/C13H13N5S/c1-8-2-3-9-11(16-8)17-18-10(4-5-14-12(9)18)13-15-6-7-19-13/h2-3,6-7,10,14H,4-5H2,1H3. The Morgan fingerprint density at radius 2 is 2.37 bits per heavy atom. The largest absolute Gasteiger partial charge is 0.370 e. The summed E-state index contributed by atoms with van der Waals surface area (Å²) in [6.45, 7) is 2.93. The van der Waals surface area contributed by atoms with Crippen molar-refractivity contribution >= 4 is 28.2 Å². The Labute approximate surface area is 114 Å². The van der Waals surface area contributed by atoms with Gasteiger partial charge in [-0.2, -0.15) is 0 Å². The van der Waals surface area contributed by atoms with E-state index < -0.39 is 0 Å². The van der Waals surface area contributed by atoms with Crippen molar-refractivity contribution < 1.29 is 0 Å². The van der Waals surface area contributed by atoms with E-state index in [1.165, 1.54) is 0 Å². The van der Waals surface area contributed by atoms with Gasteiger partial charge in [0, 0.05) is 23.8 Å². The van der Waals surface area contributed by atoms with Crippen molar-refractivity contribution in [3.05, 3.63) is 34.4 Å². The molecule has 0 aliphatic carbocycles. The molecule has 4 heterocycles. The molecule has 0 aromatic carbocycles. The molecule has 19 heavy (non-hydrogen) atoms. The molecule has 0 saturated heterocycles. The number of anilines is 1. The highest BCUT2D eigenvalue weighted by atomic mass is 32.1. The molecule has 0 spiro atoms. The molecule has 4 rings (SSSR count). The maximum Gasteiger partial charge on any atom is 0.183 e. The first kappa shape index (κ1) is 10.9. The van der Waals surface area contributed by atoms with Crippen molar-refractivity contribution in [2.45, 2.75) is 19.4 Å². The second kappa shape index (κ2) is 4.03. The summed E-state index contributed by atoms with van der Waals surface area (Å²) in [5.41, 5.74) is 1.81. The highest BCUT2D eigenvalue weighted by Gasteiger charge is 2.26. The molecular weight excluding hydrogens is 258 g/mol. The molecule has 3 aromatic heterocycles. The van der Waals surface area contributed by atoms with E-state index in [2.05, 4.69) is 26.4 Å². The van der Waals surface area contributed by atoms with Gasteiger partial charge in [0.15, 0.2) is 5.65 Å². The smallest absolute Gasteiger partial charge is 0.183 e. The molecule has 96 valence electrons. The van der Waals surface area contributed by atoms with E-state index in [1.54, 1.807) is 11.3 Å². The lowest BCUT2D eigenvalue weighted by atomic mass is 10.1. The average Bonchev–Trinajstić information content (AvgIpc) is 3.04. The molecule has 1 atom stereocenters. The second-order valence-electron chi connectivity index (χ2n) is 4.72. The zero-order valence-corrected chi connectivity index (χ0v) is 11.3. The van der Waals surface area contributed by atoms with E-state index in [4.69, 9.17) is 0 Å². The Morgan fingerprint density at radius 1 is 1.42 bits per heavy atom. The van der Waals surface area contributed by atoms with E-state index >= 15 is 0 Å². The molecule has 0 fully saturated rings. The lowest BCUT2D eigenvalue weighted by Gasteiger charge is -2.23. The Morgan fingerprint density at radius 3 is 3.21 bits per heavy atom. The first-order chi connectivity index (χ1) is 9.33. The van der Waals surface area contributed by atoms with Crippen molar-refractivity contribution in [1.29, 1.82) is 0 Å². The van der Waals surface area contributed by atoms with Gasteiger partial charge >= 0.3 is 0 Å². The zero-order chi connectivity index (χ0) is 12.8. The van der Waals surface area contributed by atoms with Gasteiger partial charge in [-0.3, -0.25) is 0 Å². The number of aryl methyl sites for hydroxylation is 1. The van der Waals surface area contributed by atoms with Gasteiger partial charge in [0.25, 0.3) is 0 Å². The molecule has 0 saturated carbocycles. The molecule has 3 aromatic rings. The number of hydrogen-bond donors (Lipinski definition) is 1. The number of aromatic nitrogens is 4. The summed E-state index contributed by atoms with van der Waals surface area (Å²) < 4.78 is 2.04. The number of thiazole rings is 1. The van der Waals surface area contributed by atoms with Gasteiger partial charge in [-0.15, -0.1) is 16.4 Å². The van der Waals surface area contributed by atoms with Gasteiger partial charge in [-0.05, 0) is 25.5 Å². The predicted molar refractivity (Wildman–Crippen MR) is 75.6 cm³/mol. The fourth-order valence-electron chi connectivity index (χ4n) is 2.56. The average molecular weight is 271 g/mol. The SMILES string of the molecule is Cc1ccc2c3n(nc2n1)C(c1nccs1)CCN3. The van der Waals surface area contributed by atoms with Crippen molar-refractivity contribution in [1.82, 2.24) is 19.7 Å². The zero-order valence-electron chi connectivity index (χ0n) is 10.5. The minimum atomic E-state index is 0.228. The highest BCUT2D eigenvalue weighted by molar-refractivity contribution is 7.09. The fourth-order valence-corrected chi connectivity index (χ4v) is 3.32. The Kier molecular flexibility index (Phi) is 2.32. The molecule has 6 heteroatoms. The quantitative estimate of drug-likeness (QED) is 0.739. The van der Waals surface area contributed by atoms with E-state index in [9.17, 15) is 0 Å². The van der Waals surface area contributed by atoms with Crippen LogP contribution in [0.15, 0.2) is 23.7 Å². The molecule has 0 amide bonds. The van der Waals surface area contributed by atoms with Crippen LogP contribution in [-0.2, 0) is 0 Å². The van der Waals surface area contributed by atoms with Gasteiger partial charge in [-0.25, -0.2) is 14.6 Å². The van der Waals surface area contributed by atoms with Crippen molar-refractivity contribution in [3.63, 3.8) is 0 Å². The van der Waals surface area contributed by atoms with Gasteiger partial charge in [0.2, 0.25) is 0 Å². The third kappa shape index (κ3) is 1.63. The van der Waals surface area contributed by atoms with Gasteiger partial charge in [0.05, 0.1) is 5.39 Å². The van der Waals surface area contributed by atoms with Crippen LogP contribution in [0.3, 0.4) is 0 Å². The normalized spacial score (nSPS) is 18.3. The lowest BCUT2D eigenvalue weighted by Crippen LogP contribution is -2.24. The fraction of sp³-hybridized carbons (Fsp3) is 0.308. The van der Waals surface area contributed by atoms with Crippen LogP contribution in [-0.4, -0.2) is 26.3 Å². The Bertz CT molecular complexity index is 731. The summed E-state index contributed by atoms with van der Waals surface area (Å²) in [5.74, 6) is 1.06. The summed E-state index contributed by atoms with van der Waals surface area (Å²) in [5, 5.41) is 12.3. The molecule has 1 aliphatic rings. The summed E-state index contributed by atoms with van der Waals surface area (Å²) in [4.78, 5) is 8.94. The summed E-state index contributed by atoms with van der Waals surface area (Å²) in [6, 6.07) is 4.35. The predicted octanol–water partition coefficient (Wildman–Crippen LogP) is 2.60. The monoisotopic (exact) mass is 271 g/mol. The molecule has 5 nitrogen and oxygen atoms in total. The number of nitrogens with one attached hydrogen (secondary N) is 1. The van der Waals surface area contributed by atoms with Crippen molar-refractivity contribution in [2.75, 3.05) is 11.9 Å². The van der Waals surface area contributed by atoms with Crippen molar-refractivity contribution in [3.8, 4) is 0 Å². The Hall–Kier alpha value is -1.95. The molecule has 0 radical (unpaired) electrons. The third-order valence-electron chi connectivity index (χ3n) is 3.44. The van der Waals surface area contributed by atoms with Gasteiger partial charge < -0.3 is 5.32 Å². The van der Waals surface area contributed by atoms with Crippen LogP contribution in [0.4, 0.5) is 5.82 Å². The number of hydrogen-bond acceptors (Lipinski definition) is 5. The first-order valence-corrected chi connectivity index (χ1v) is 7.20. The van der Waals surface area contributed by atoms with Crippen LogP contribution in [0.1, 0.15) is 23.2 Å². The van der Waals surface area contributed by atoms with Crippen molar-refractivity contribution in [2.24, 2.45) is 0 Å². The van der Waals surface area contributed by atoms with E-state index in [-0.39, 0.29) is 6.04 Å². The number of rotatable bonds is 1. The van der Waals surface area contributed by atoms with E-state index in [0.29, 0.717) is 0 Å². The van der Waals surface area contributed by atoms with Gasteiger partial charge in [0.1, 0.15) is 16.9 Å². The summed E-state index contributed by atoms with van der Waals surface area (Å²) in [7, 11) is 0. The van der Waals surface area contributed by atoms with E-state index in [0.717, 1.165) is 40.5 Å². The maximum atomic E-state index is 4.66. The molecule has 1 unspecified atom stereocenters. The molecule has 0 bridgehead atoms. The third-order valence-corrected chi connectivity index (χ3v) is 4.32. The van der Waals surface area contributed by atoms with Crippen LogP contribution in [0.25, 0.3) is 11.0 Å². The molecular formula is C13H13N5S. The number of fused-ring (bicyclic) bond motifs is 3. The summed E-state index contributed by atoms with van der Waals surface area (Å²) in [6.07, 6.45) is 2.86. The van der Waals surface area contributed by atoms with Crippen LogP contribution >= 0.6 is 11.3 Å². The topological polar surface area (TPSA) is 55.6 Å². The molecule has 1 aliphatic heterocycles. The molecule has 1 N–H and O–H groups in total. The van der Waals surface area contributed by atoms with Crippen LogP contribution < -0.4 is 5.32 Å². The Balaban J connectivity index is 1.93.